The van der Waals surface area contributed by atoms with Crippen LogP contribution in [-0.4, -0.2) is 11.5 Å². The van der Waals surface area contributed by atoms with Crippen molar-refractivity contribution in [3.63, 3.8) is 0 Å². The molecule has 0 saturated heterocycles. The highest BCUT2D eigenvalue weighted by atomic mass is 19.1. The van der Waals surface area contributed by atoms with Crippen molar-refractivity contribution in [2.24, 2.45) is 0 Å². The number of carbonyl (C=O) groups is 1. The second kappa shape index (κ2) is 6.27. The number of carbonyl (C=O) groups excluding carboxylic acids is 1. The molecule has 27 heavy (non-hydrogen) atoms. The minimum absolute atomic E-state index is 0.277. The predicted molar refractivity (Wildman–Crippen MR) is 102 cm³/mol. The lowest BCUT2D eigenvalue weighted by molar-refractivity contribution is 0.0924. The number of nitrogens with one attached hydrogen (secondary N) is 1. The topological polar surface area (TPSA) is 51.5 Å². The van der Waals surface area contributed by atoms with Crippen LogP contribution in [-0.2, 0) is 6.54 Å². The Kier molecular flexibility index (Phi) is 4.02. The number of hydrogen-bond acceptors (Lipinski definition) is 3. The smallest absolute Gasteiger partial charge is 0.287 e. The number of rotatable bonds is 3. The van der Waals surface area contributed by atoms with Gasteiger partial charge < -0.3 is 14.5 Å². The largest absolute Gasteiger partial charge is 0.483 e. The van der Waals surface area contributed by atoms with Crippen molar-refractivity contribution >= 4 is 23.0 Å². The highest BCUT2D eigenvalue weighted by Crippen LogP contribution is 2.39. The predicted octanol–water partition coefficient (Wildman–Crippen LogP) is 4.99. The summed E-state index contributed by atoms with van der Waals surface area (Å²) in [5.74, 6) is 0.445. The van der Waals surface area contributed by atoms with E-state index in [9.17, 15) is 9.18 Å². The van der Waals surface area contributed by atoms with Crippen molar-refractivity contribution in [3.05, 3.63) is 70.7 Å². The molecule has 1 aromatic heterocycles. The standard InChI is InChI=1S/C22H20FNO3/c1-13-19-16-10-11-22(2,3)27-17(16)8-9-18(19)26-20(13)21(25)24-12-14-4-6-15(23)7-5-14/h4-11H,12H2,1-3H3,(H,24,25). The fourth-order valence-electron chi connectivity index (χ4n) is 3.29. The Bertz CT molecular complexity index is 1060. The fraction of sp³-hybridized carbons (Fsp3) is 0.227. The number of benzene rings is 2. The van der Waals surface area contributed by atoms with Gasteiger partial charge in [-0.25, -0.2) is 4.39 Å². The van der Waals surface area contributed by atoms with E-state index in [1.165, 1.54) is 12.1 Å². The van der Waals surface area contributed by atoms with Crippen LogP contribution in [0.1, 0.15) is 41.1 Å². The first-order chi connectivity index (χ1) is 12.8. The molecule has 0 unspecified atom stereocenters. The molecule has 1 amide bonds. The molecular formula is C22H20FNO3. The summed E-state index contributed by atoms with van der Waals surface area (Å²) in [5, 5.41) is 3.71. The lowest BCUT2D eigenvalue weighted by Crippen LogP contribution is -2.27. The molecule has 5 heteroatoms. The second-order valence-electron chi connectivity index (χ2n) is 7.25. The van der Waals surface area contributed by atoms with Gasteiger partial charge >= 0.3 is 0 Å². The van der Waals surface area contributed by atoms with E-state index in [0.717, 1.165) is 27.8 Å². The van der Waals surface area contributed by atoms with Gasteiger partial charge in [0.25, 0.3) is 5.91 Å². The zero-order valence-electron chi connectivity index (χ0n) is 15.4. The van der Waals surface area contributed by atoms with Gasteiger partial charge in [-0.05, 0) is 56.7 Å². The van der Waals surface area contributed by atoms with Gasteiger partial charge in [0, 0.05) is 23.1 Å². The number of fused-ring (bicyclic) bond motifs is 3. The molecule has 4 rings (SSSR count). The Balaban J connectivity index is 1.64. The average Bonchev–Trinajstić information content (AvgIpc) is 2.97. The molecule has 0 atom stereocenters. The maximum absolute atomic E-state index is 13.0. The number of hydrogen-bond donors (Lipinski definition) is 1. The van der Waals surface area contributed by atoms with E-state index in [1.54, 1.807) is 12.1 Å². The Morgan fingerprint density at radius 3 is 2.63 bits per heavy atom. The molecule has 0 spiro atoms. The molecule has 3 aromatic rings. The van der Waals surface area contributed by atoms with Crippen LogP contribution in [0.25, 0.3) is 17.0 Å². The van der Waals surface area contributed by atoms with Crippen LogP contribution >= 0.6 is 0 Å². The maximum Gasteiger partial charge on any atom is 0.287 e. The summed E-state index contributed by atoms with van der Waals surface area (Å²) < 4.78 is 24.8. The first-order valence-electron chi connectivity index (χ1n) is 8.81. The Morgan fingerprint density at radius 2 is 1.89 bits per heavy atom. The summed E-state index contributed by atoms with van der Waals surface area (Å²) in [6.07, 6.45) is 4.01. The third-order valence-corrected chi connectivity index (χ3v) is 4.69. The average molecular weight is 365 g/mol. The molecule has 138 valence electrons. The summed E-state index contributed by atoms with van der Waals surface area (Å²) in [5.41, 5.74) is 2.78. The van der Waals surface area contributed by atoms with Gasteiger partial charge in [-0.1, -0.05) is 18.2 Å². The van der Waals surface area contributed by atoms with E-state index < -0.39 is 0 Å². The number of amides is 1. The SMILES string of the molecule is Cc1c(C(=O)NCc2ccc(F)cc2)oc2ccc3c(c12)C=CC(C)(C)O3. The highest BCUT2D eigenvalue weighted by molar-refractivity contribution is 6.02. The van der Waals surface area contributed by atoms with E-state index in [0.29, 0.717) is 12.1 Å². The number of halogens is 1. The number of ether oxygens (including phenoxy) is 1. The monoisotopic (exact) mass is 365 g/mol. The van der Waals surface area contributed by atoms with Gasteiger partial charge in [0.1, 0.15) is 22.8 Å². The zero-order valence-corrected chi connectivity index (χ0v) is 15.4. The third-order valence-electron chi connectivity index (χ3n) is 4.69. The molecule has 1 aliphatic heterocycles. The molecule has 1 aliphatic rings. The van der Waals surface area contributed by atoms with Crippen LogP contribution in [0.15, 0.2) is 46.9 Å². The lowest BCUT2D eigenvalue weighted by atomic mass is 9.98. The van der Waals surface area contributed by atoms with Crippen molar-refractivity contribution in [1.82, 2.24) is 5.32 Å². The number of aryl methyl sites for hydroxylation is 1. The molecule has 0 bridgehead atoms. The lowest BCUT2D eigenvalue weighted by Gasteiger charge is -2.28. The molecule has 0 saturated carbocycles. The van der Waals surface area contributed by atoms with Crippen LogP contribution < -0.4 is 10.1 Å². The summed E-state index contributed by atoms with van der Waals surface area (Å²) in [6.45, 7) is 6.15. The summed E-state index contributed by atoms with van der Waals surface area (Å²) >= 11 is 0. The Hall–Kier alpha value is -3.08. The van der Waals surface area contributed by atoms with E-state index in [2.05, 4.69) is 5.32 Å². The van der Waals surface area contributed by atoms with Gasteiger partial charge in [-0.2, -0.15) is 0 Å². The van der Waals surface area contributed by atoms with Gasteiger partial charge in [-0.3, -0.25) is 4.79 Å². The van der Waals surface area contributed by atoms with Crippen molar-refractivity contribution in [3.8, 4) is 5.75 Å². The van der Waals surface area contributed by atoms with E-state index >= 15 is 0 Å². The van der Waals surface area contributed by atoms with Crippen LogP contribution in [0.5, 0.6) is 5.75 Å². The van der Waals surface area contributed by atoms with Gasteiger partial charge in [-0.15, -0.1) is 0 Å². The summed E-state index contributed by atoms with van der Waals surface area (Å²) in [7, 11) is 0. The highest BCUT2D eigenvalue weighted by Gasteiger charge is 2.26. The second-order valence-corrected chi connectivity index (χ2v) is 7.25. The first kappa shape index (κ1) is 17.3. The molecule has 4 nitrogen and oxygen atoms in total. The Morgan fingerprint density at radius 1 is 1.15 bits per heavy atom. The molecule has 2 heterocycles. The zero-order chi connectivity index (χ0) is 19.2. The minimum Gasteiger partial charge on any atom is -0.483 e. The summed E-state index contributed by atoms with van der Waals surface area (Å²) in [6, 6.07) is 9.71. The molecular weight excluding hydrogens is 345 g/mol. The van der Waals surface area contributed by atoms with Crippen LogP contribution in [0, 0.1) is 12.7 Å². The van der Waals surface area contributed by atoms with Crippen molar-refractivity contribution in [2.45, 2.75) is 32.9 Å². The molecule has 2 aromatic carbocycles. The normalized spacial score (nSPS) is 14.7. The molecule has 1 N–H and O–H groups in total. The fourth-order valence-corrected chi connectivity index (χ4v) is 3.29. The van der Waals surface area contributed by atoms with E-state index in [1.807, 2.05) is 45.1 Å². The molecule has 0 radical (unpaired) electrons. The van der Waals surface area contributed by atoms with E-state index in [4.69, 9.17) is 9.15 Å². The number of furan rings is 1. The van der Waals surface area contributed by atoms with Gasteiger partial charge in [0.2, 0.25) is 0 Å². The molecule has 0 fully saturated rings. The van der Waals surface area contributed by atoms with Crippen LogP contribution in [0.4, 0.5) is 4.39 Å². The third kappa shape index (κ3) is 3.21. The van der Waals surface area contributed by atoms with Crippen molar-refractivity contribution < 1.29 is 18.3 Å². The Labute approximate surface area is 156 Å². The maximum atomic E-state index is 13.0. The van der Waals surface area contributed by atoms with Gasteiger partial charge in [0.05, 0.1) is 0 Å². The van der Waals surface area contributed by atoms with Crippen molar-refractivity contribution in [1.29, 1.82) is 0 Å². The van der Waals surface area contributed by atoms with Gasteiger partial charge in [0.15, 0.2) is 5.76 Å². The van der Waals surface area contributed by atoms with E-state index in [-0.39, 0.29) is 23.1 Å². The van der Waals surface area contributed by atoms with Crippen molar-refractivity contribution in [2.75, 3.05) is 0 Å². The summed E-state index contributed by atoms with van der Waals surface area (Å²) in [4.78, 5) is 12.6. The molecule has 0 aliphatic carbocycles. The van der Waals surface area contributed by atoms with Crippen LogP contribution in [0.3, 0.4) is 0 Å². The quantitative estimate of drug-likeness (QED) is 0.711. The first-order valence-corrected chi connectivity index (χ1v) is 8.81. The minimum atomic E-state index is -0.367. The van der Waals surface area contributed by atoms with Crippen LogP contribution in [0.2, 0.25) is 0 Å².